The summed E-state index contributed by atoms with van der Waals surface area (Å²) in [6.45, 7) is 8.47. The van der Waals surface area contributed by atoms with Gasteiger partial charge in [0.1, 0.15) is 11.1 Å². The summed E-state index contributed by atoms with van der Waals surface area (Å²) in [4.78, 5) is 16.8. The highest BCUT2D eigenvalue weighted by molar-refractivity contribution is 7.99. The van der Waals surface area contributed by atoms with Crippen LogP contribution in [0.25, 0.3) is 11.1 Å². The van der Waals surface area contributed by atoms with Crippen molar-refractivity contribution in [3.63, 3.8) is 0 Å². The Morgan fingerprint density at radius 1 is 1.00 bits per heavy atom. The van der Waals surface area contributed by atoms with Crippen molar-refractivity contribution in [3.8, 4) is 0 Å². The SMILES string of the molecule is CC(C)c1cccc(C(C)C)c1NC(=O)CCCCCSc1nc2cccc(C(F)(F)F)c2o1. The molecule has 0 saturated carbocycles. The number of hydrogen-bond donors (Lipinski definition) is 1. The Kier molecular flexibility index (Phi) is 8.68. The first kappa shape index (κ1) is 26.1. The molecule has 3 rings (SSSR count). The number of benzene rings is 2. The van der Waals surface area contributed by atoms with E-state index in [2.05, 4.69) is 50.1 Å². The molecule has 0 aliphatic heterocycles. The zero-order chi connectivity index (χ0) is 24.9. The van der Waals surface area contributed by atoms with Gasteiger partial charge in [-0.15, -0.1) is 0 Å². The van der Waals surface area contributed by atoms with E-state index in [0.717, 1.165) is 42.1 Å². The molecule has 8 heteroatoms. The van der Waals surface area contributed by atoms with Gasteiger partial charge >= 0.3 is 6.18 Å². The average molecular weight is 493 g/mol. The molecule has 34 heavy (non-hydrogen) atoms. The summed E-state index contributed by atoms with van der Waals surface area (Å²) in [5, 5.41) is 3.36. The normalized spacial score (nSPS) is 12.1. The maximum atomic E-state index is 13.1. The summed E-state index contributed by atoms with van der Waals surface area (Å²) >= 11 is 1.29. The van der Waals surface area contributed by atoms with Gasteiger partial charge in [0.25, 0.3) is 5.22 Å². The summed E-state index contributed by atoms with van der Waals surface area (Å²) in [6, 6.07) is 10.0. The molecule has 1 heterocycles. The molecule has 2 aromatic carbocycles. The van der Waals surface area contributed by atoms with Crippen molar-refractivity contribution in [1.29, 1.82) is 0 Å². The fourth-order valence-corrected chi connectivity index (χ4v) is 4.66. The third kappa shape index (κ3) is 6.56. The Labute approximate surface area is 202 Å². The number of nitrogens with one attached hydrogen (secondary N) is 1. The molecule has 0 atom stereocenters. The molecule has 0 aliphatic carbocycles. The Morgan fingerprint density at radius 2 is 1.65 bits per heavy atom. The molecule has 1 N–H and O–H groups in total. The summed E-state index contributed by atoms with van der Waals surface area (Å²) in [5.41, 5.74) is 2.39. The van der Waals surface area contributed by atoms with E-state index in [1.807, 2.05) is 6.07 Å². The van der Waals surface area contributed by atoms with E-state index < -0.39 is 11.7 Å². The molecule has 4 nitrogen and oxygen atoms in total. The van der Waals surface area contributed by atoms with Crippen molar-refractivity contribution in [3.05, 3.63) is 53.1 Å². The van der Waals surface area contributed by atoms with Crippen LogP contribution in [0.4, 0.5) is 18.9 Å². The van der Waals surface area contributed by atoms with Gasteiger partial charge in [-0.2, -0.15) is 13.2 Å². The number of rotatable bonds is 10. The molecule has 1 amide bonds. The van der Waals surface area contributed by atoms with Crippen LogP contribution in [0.1, 0.15) is 81.9 Å². The van der Waals surface area contributed by atoms with Crippen molar-refractivity contribution in [2.24, 2.45) is 0 Å². The second-order valence-electron chi connectivity index (χ2n) is 8.96. The van der Waals surface area contributed by atoms with Gasteiger partial charge in [-0.05, 0) is 47.9 Å². The molecule has 1 aromatic heterocycles. The topological polar surface area (TPSA) is 55.1 Å². The lowest BCUT2D eigenvalue weighted by Gasteiger charge is -2.20. The van der Waals surface area contributed by atoms with Crippen molar-refractivity contribution < 1.29 is 22.4 Å². The lowest BCUT2D eigenvalue weighted by molar-refractivity contribution is -0.136. The molecule has 0 radical (unpaired) electrons. The largest absolute Gasteiger partial charge is 0.431 e. The van der Waals surface area contributed by atoms with Crippen LogP contribution < -0.4 is 5.32 Å². The highest BCUT2D eigenvalue weighted by Crippen LogP contribution is 2.36. The maximum absolute atomic E-state index is 13.1. The average Bonchev–Trinajstić information content (AvgIpc) is 3.18. The highest BCUT2D eigenvalue weighted by atomic mass is 32.2. The van der Waals surface area contributed by atoms with Gasteiger partial charge in [0, 0.05) is 17.9 Å². The molecule has 184 valence electrons. The second kappa shape index (κ2) is 11.3. The number of halogens is 3. The van der Waals surface area contributed by atoms with E-state index in [1.165, 1.54) is 23.9 Å². The molecule has 0 aliphatic rings. The Morgan fingerprint density at radius 3 is 2.26 bits per heavy atom. The van der Waals surface area contributed by atoms with E-state index in [1.54, 1.807) is 0 Å². The Balaban J connectivity index is 1.47. The fraction of sp³-hybridized carbons (Fsp3) is 0.462. The number of fused-ring (bicyclic) bond motifs is 1. The third-order valence-corrected chi connectivity index (χ3v) is 6.53. The molecule has 3 aromatic rings. The summed E-state index contributed by atoms with van der Waals surface area (Å²) in [6.07, 6.45) is -1.68. The van der Waals surface area contributed by atoms with Crippen LogP contribution in [0, 0.1) is 0 Å². The Hall–Kier alpha value is -2.48. The number of hydrogen-bond acceptors (Lipinski definition) is 4. The van der Waals surface area contributed by atoms with Crippen molar-refractivity contribution in [2.45, 2.75) is 76.6 Å². The molecular formula is C26H31F3N2O2S. The summed E-state index contributed by atoms with van der Waals surface area (Å²) < 4.78 is 44.7. The van der Waals surface area contributed by atoms with Gasteiger partial charge in [0.05, 0.1) is 0 Å². The van der Waals surface area contributed by atoms with Gasteiger partial charge < -0.3 is 9.73 Å². The zero-order valence-corrected chi connectivity index (χ0v) is 20.8. The number of aromatic nitrogens is 1. The van der Waals surface area contributed by atoms with Crippen LogP contribution >= 0.6 is 11.8 Å². The lowest BCUT2D eigenvalue weighted by atomic mass is 9.92. The number of nitrogens with zero attached hydrogens (tertiary/aromatic N) is 1. The van der Waals surface area contributed by atoms with Gasteiger partial charge in [-0.1, -0.05) is 70.1 Å². The van der Waals surface area contributed by atoms with Crippen LogP contribution in [-0.4, -0.2) is 16.6 Å². The number of alkyl halides is 3. The molecule has 0 bridgehead atoms. The third-order valence-electron chi connectivity index (χ3n) is 5.61. The van der Waals surface area contributed by atoms with Gasteiger partial charge in [0.15, 0.2) is 5.58 Å². The monoisotopic (exact) mass is 492 g/mol. The number of carbonyl (C=O) groups excluding carboxylic acids is 1. The highest BCUT2D eigenvalue weighted by Gasteiger charge is 2.34. The summed E-state index contributed by atoms with van der Waals surface area (Å²) in [7, 11) is 0. The van der Waals surface area contributed by atoms with Crippen LogP contribution in [0.3, 0.4) is 0 Å². The number of unbranched alkanes of at least 4 members (excludes halogenated alkanes) is 2. The number of amides is 1. The number of para-hydroxylation sites is 2. The van der Waals surface area contributed by atoms with Crippen LogP contribution in [0.2, 0.25) is 0 Å². The van der Waals surface area contributed by atoms with E-state index in [-0.39, 0.29) is 22.2 Å². The molecule has 0 spiro atoms. The van der Waals surface area contributed by atoms with E-state index in [9.17, 15) is 18.0 Å². The number of carbonyl (C=O) groups is 1. The fourth-order valence-electron chi connectivity index (χ4n) is 3.83. The number of oxazole rings is 1. The second-order valence-corrected chi connectivity index (χ2v) is 10.0. The first-order chi connectivity index (χ1) is 16.1. The summed E-state index contributed by atoms with van der Waals surface area (Å²) in [5.74, 6) is 1.28. The predicted octanol–water partition coefficient (Wildman–Crippen LogP) is 8.38. The van der Waals surface area contributed by atoms with Crippen LogP contribution in [-0.2, 0) is 11.0 Å². The van der Waals surface area contributed by atoms with Gasteiger partial charge in [0.2, 0.25) is 5.91 Å². The van der Waals surface area contributed by atoms with Crippen LogP contribution in [0.5, 0.6) is 0 Å². The van der Waals surface area contributed by atoms with E-state index in [4.69, 9.17) is 4.42 Å². The first-order valence-corrected chi connectivity index (χ1v) is 12.6. The van der Waals surface area contributed by atoms with E-state index >= 15 is 0 Å². The first-order valence-electron chi connectivity index (χ1n) is 11.6. The quantitative estimate of drug-likeness (QED) is 0.228. The maximum Gasteiger partial charge on any atom is 0.420 e. The minimum Gasteiger partial charge on any atom is -0.431 e. The van der Waals surface area contributed by atoms with Crippen LogP contribution in [0.15, 0.2) is 46.0 Å². The molecular weight excluding hydrogens is 461 g/mol. The number of anilines is 1. The van der Waals surface area contributed by atoms with Gasteiger partial charge in [-0.3, -0.25) is 4.79 Å². The molecule has 0 unspecified atom stereocenters. The van der Waals surface area contributed by atoms with E-state index in [0.29, 0.717) is 24.0 Å². The van der Waals surface area contributed by atoms with Crippen molar-refractivity contribution >= 4 is 34.5 Å². The minimum absolute atomic E-state index is 0.00119. The lowest BCUT2D eigenvalue weighted by Crippen LogP contribution is -2.15. The standard InChI is InChI=1S/C26H31F3N2O2S/c1-16(2)18-10-8-11-19(17(3)4)23(18)31-22(32)14-6-5-7-15-34-25-30-21-13-9-12-20(24(21)33-25)26(27,28)29/h8-13,16-17H,5-7,14-15H2,1-4H3,(H,31,32). The zero-order valence-electron chi connectivity index (χ0n) is 20.0. The molecule has 0 saturated heterocycles. The predicted molar refractivity (Wildman–Crippen MR) is 131 cm³/mol. The minimum atomic E-state index is -4.48. The molecule has 0 fully saturated rings. The number of thioether (sulfide) groups is 1. The van der Waals surface area contributed by atoms with Crippen molar-refractivity contribution in [2.75, 3.05) is 11.1 Å². The smallest absolute Gasteiger partial charge is 0.420 e. The Bertz CT molecular complexity index is 1100. The van der Waals surface area contributed by atoms with Gasteiger partial charge in [-0.25, -0.2) is 4.98 Å². The van der Waals surface area contributed by atoms with Crippen molar-refractivity contribution in [1.82, 2.24) is 4.98 Å².